The Bertz CT molecular complexity index is 1040. The summed E-state index contributed by atoms with van der Waals surface area (Å²) in [5, 5.41) is 10.1. The second kappa shape index (κ2) is 12.5. The zero-order valence-corrected chi connectivity index (χ0v) is 22.6. The fourth-order valence-corrected chi connectivity index (χ4v) is 6.78. The van der Waals surface area contributed by atoms with Gasteiger partial charge < -0.3 is 14.9 Å². The lowest BCUT2D eigenvalue weighted by atomic mass is 9.80. The Morgan fingerprint density at radius 1 is 1.13 bits per heavy atom. The van der Waals surface area contributed by atoms with Crippen LogP contribution in [0.4, 0.5) is 10.3 Å². The number of hydrogen-bond donors (Lipinski definition) is 1. The van der Waals surface area contributed by atoms with Gasteiger partial charge in [-0.25, -0.2) is 14.4 Å². The lowest BCUT2D eigenvalue weighted by Crippen LogP contribution is -2.47. The maximum atomic E-state index is 14.2. The van der Waals surface area contributed by atoms with E-state index in [4.69, 9.17) is 0 Å². The minimum Gasteiger partial charge on any atom is -0.480 e. The molecule has 2 aliphatic heterocycles. The van der Waals surface area contributed by atoms with Crippen molar-refractivity contribution in [2.24, 2.45) is 11.8 Å². The summed E-state index contributed by atoms with van der Waals surface area (Å²) in [6, 6.07) is 8.78. The van der Waals surface area contributed by atoms with Gasteiger partial charge in [-0.1, -0.05) is 38.3 Å². The average molecular weight is 524 g/mol. The number of anilines is 1. The first-order chi connectivity index (χ1) is 18.5. The first-order valence-corrected chi connectivity index (χ1v) is 14.5. The molecule has 206 valence electrons. The van der Waals surface area contributed by atoms with Crippen LogP contribution in [0.2, 0.25) is 0 Å². The van der Waals surface area contributed by atoms with Crippen LogP contribution in [-0.2, 0) is 4.79 Å². The second-order valence-corrected chi connectivity index (χ2v) is 11.5. The molecule has 2 saturated heterocycles. The number of hydrogen-bond acceptors (Lipinski definition) is 6. The van der Waals surface area contributed by atoms with E-state index in [1.54, 1.807) is 12.1 Å². The summed E-state index contributed by atoms with van der Waals surface area (Å²) >= 11 is 0. The van der Waals surface area contributed by atoms with Crippen LogP contribution in [0.1, 0.15) is 63.4 Å². The van der Waals surface area contributed by atoms with Crippen LogP contribution in [-0.4, -0.2) is 82.2 Å². The van der Waals surface area contributed by atoms with E-state index < -0.39 is 12.0 Å². The minimum atomic E-state index is -0.712. The molecule has 1 saturated carbocycles. The highest BCUT2D eigenvalue weighted by Gasteiger charge is 2.41. The number of carboxylic acids is 1. The monoisotopic (exact) mass is 523 g/mol. The van der Waals surface area contributed by atoms with E-state index in [1.807, 2.05) is 24.5 Å². The molecule has 3 fully saturated rings. The fourth-order valence-electron chi connectivity index (χ4n) is 6.78. The van der Waals surface area contributed by atoms with Gasteiger partial charge in [-0.15, -0.1) is 0 Å². The van der Waals surface area contributed by atoms with Crippen molar-refractivity contribution in [3.63, 3.8) is 0 Å². The van der Waals surface area contributed by atoms with Crippen LogP contribution in [0.5, 0.6) is 0 Å². The number of nitrogens with zero attached hydrogens (tertiary/aromatic N) is 5. The molecule has 3 atom stereocenters. The van der Waals surface area contributed by atoms with E-state index in [-0.39, 0.29) is 17.7 Å². The molecule has 7 nitrogen and oxygen atoms in total. The third-order valence-corrected chi connectivity index (χ3v) is 9.02. The Morgan fingerprint density at radius 2 is 1.89 bits per heavy atom. The standard InChI is InChI=1S/C30H42FN5O2/c1-2-14-36(30-32-12-5-13-33-30)26-10-15-34(16-11-26)19-24-20-35(28(29(37)38)17-22-6-3-7-22)21-27(24)23-8-4-9-25(31)18-23/h4-5,8-9,12-13,18,22,24,26-28H,2-3,6-7,10-11,14-17,19-21H2,1H3,(H,37,38). The van der Waals surface area contributed by atoms with Crippen molar-refractivity contribution >= 4 is 11.9 Å². The predicted molar refractivity (Wildman–Crippen MR) is 147 cm³/mol. The molecule has 0 bridgehead atoms. The number of aliphatic carboxylic acids is 1. The van der Waals surface area contributed by atoms with Gasteiger partial charge in [0.05, 0.1) is 0 Å². The number of aromatic nitrogens is 2. The van der Waals surface area contributed by atoms with E-state index in [0.29, 0.717) is 18.5 Å². The molecular formula is C30H42FN5O2. The Morgan fingerprint density at radius 3 is 2.53 bits per heavy atom. The Kier molecular flexibility index (Phi) is 8.89. The van der Waals surface area contributed by atoms with Crippen molar-refractivity contribution in [3.05, 3.63) is 54.1 Å². The van der Waals surface area contributed by atoms with Crippen LogP contribution in [0.25, 0.3) is 0 Å². The lowest BCUT2D eigenvalue weighted by Gasteiger charge is -2.39. The summed E-state index contributed by atoms with van der Waals surface area (Å²) in [5.74, 6) is 0.833. The van der Waals surface area contributed by atoms with Gasteiger partial charge in [-0.3, -0.25) is 9.69 Å². The number of halogens is 1. The molecule has 1 aromatic heterocycles. The Hall–Kier alpha value is -2.58. The predicted octanol–water partition coefficient (Wildman–Crippen LogP) is 4.66. The molecule has 3 heterocycles. The summed E-state index contributed by atoms with van der Waals surface area (Å²) in [7, 11) is 0. The van der Waals surface area contributed by atoms with Crippen molar-refractivity contribution in [1.29, 1.82) is 0 Å². The molecule has 1 N–H and O–H groups in total. The van der Waals surface area contributed by atoms with Gasteiger partial charge in [-0.05, 0) is 61.3 Å². The van der Waals surface area contributed by atoms with Gasteiger partial charge in [0, 0.05) is 63.6 Å². The first-order valence-electron chi connectivity index (χ1n) is 14.5. The zero-order valence-electron chi connectivity index (χ0n) is 22.6. The van der Waals surface area contributed by atoms with Crippen LogP contribution >= 0.6 is 0 Å². The Balaban J connectivity index is 1.26. The molecule has 0 radical (unpaired) electrons. The molecule has 1 aliphatic carbocycles. The molecule has 8 heteroatoms. The van der Waals surface area contributed by atoms with Crippen molar-refractivity contribution < 1.29 is 14.3 Å². The molecule has 38 heavy (non-hydrogen) atoms. The maximum Gasteiger partial charge on any atom is 0.320 e. The van der Waals surface area contributed by atoms with Crippen molar-refractivity contribution in [2.75, 3.05) is 44.2 Å². The maximum absolute atomic E-state index is 14.2. The highest BCUT2D eigenvalue weighted by atomic mass is 19.1. The van der Waals surface area contributed by atoms with E-state index in [1.165, 1.54) is 12.5 Å². The minimum absolute atomic E-state index is 0.140. The lowest BCUT2D eigenvalue weighted by molar-refractivity contribution is -0.144. The summed E-state index contributed by atoms with van der Waals surface area (Å²) in [6.07, 6.45) is 11.0. The third kappa shape index (κ3) is 6.34. The molecule has 5 rings (SSSR count). The van der Waals surface area contributed by atoms with Gasteiger partial charge in [0.15, 0.2) is 0 Å². The summed E-state index contributed by atoms with van der Waals surface area (Å²) in [4.78, 5) is 28.4. The molecule has 3 unspecified atom stereocenters. The molecular weight excluding hydrogens is 481 g/mol. The number of carboxylic acid groups (broad SMARTS) is 1. The fraction of sp³-hybridized carbons (Fsp3) is 0.633. The summed E-state index contributed by atoms with van der Waals surface area (Å²) in [5.41, 5.74) is 0.996. The van der Waals surface area contributed by atoms with Crippen molar-refractivity contribution in [3.8, 4) is 0 Å². The van der Waals surface area contributed by atoms with Gasteiger partial charge in [0.2, 0.25) is 5.95 Å². The number of carbonyl (C=O) groups is 1. The Labute approximate surface area is 226 Å². The van der Waals surface area contributed by atoms with Crippen LogP contribution < -0.4 is 4.90 Å². The normalized spacial score (nSPS) is 24.3. The first kappa shape index (κ1) is 27.0. The van der Waals surface area contributed by atoms with Gasteiger partial charge in [0.1, 0.15) is 11.9 Å². The number of piperidine rings is 1. The average Bonchev–Trinajstić information content (AvgIpc) is 3.30. The molecule has 1 aromatic carbocycles. The summed E-state index contributed by atoms with van der Waals surface area (Å²) < 4.78 is 14.2. The SMILES string of the molecule is CCCN(c1ncccn1)C1CCN(CC2CN(C(CC3CCC3)C(=O)O)CC2c2cccc(F)c2)CC1. The van der Waals surface area contributed by atoms with E-state index in [0.717, 1.165) is 82.8 Å². The highest BCUT2D eigenvalue weighted by Crippen LogP contribution is 2.38. The zero-order chi connectivity index (χ0) is 26.5. The molecule has 0 amide bonds. The van der Waals surface area contributed by atoms with E-state index in [2.05, 4.69) is 31.6 Å². The second-order valence-electron chi connectivity index (χ2n) is 11.5. The van der Waals surface area contributed by atoms with Crippen molar-refractivity contribution in [2.45, 2.75) is 69.9 Å². The number of rotatable bonds is 11. The van der Waals surface area contributed by atoms with Crippen LogP contribution in [0, 0.1) is 17.7 Å². The quantitative estimate of drug-likeness (QED) is 0.459. The van der Waals surface area contributed by atoms with Gasteiger partial charge in [0.25, 0.3) is 0 Å². The molecule has 0 spiro atoms. The van der Waals surface area contributed by atoms with Crippen LogP contribution in [0.15, 0.2) is 42.7 Å². The van der Waals surface area contributed by atoms with E-state index in [9.17, 15) is 14.3 Å². The third-order valence-electron chi connectivity index (χ3n) is 9.02. The van der Waals surface area contributed by atoms with E-state index >= 15 is 0 Å². The summed E-state index contributed by atoms with van der Waals surface area (Å²) in [6.45, 7) is 7.48. The topological polar surface area (TPSA) is 72.8 Å². The number of likely N-dealkylation sites (tertiary alicyclic amines) is 2. The molecule has 2 aromatic rings. The van der Waals surface area contributed by atoms with Crippen molar-refractivity contribution in [1.82, 2.24) is 19.8 Å². The van der Waals surface area contributed by atoms with Crippen LogP contribution in [0.3, 0.4) is 0 Å². The van der Waals surface area contributed by atoms with Gasteiger partial charge in [-0.2, -0.15) is 0 Å². The highest BCUT2D eigenvalue weighted by molar-refractivity contribution is 5.73. The smallest absolute Gasteiger partial charge is 0.320 e. The van der Waals surface area contributed by atoms with Gasteiger partial charge >= 0.3 is 5.97 Å². The number of benzene rings is 1. The largest absolute Gasteiger partial charge is 0.480 e. The molecule has 3 aliphatic rings.